The summed E-state index contributed by atoms with van der Waals surface area (Å²) in [5.41, 5.74) is 0. The van der Waals surface area contributed by atoms with Crippen LogP contribution in [-0.4, -0.2) is 33.2 Å². The Morgan fingerprint density at radius 3 is 1.83 bits per heavy atom. The molecule has 0 aliphatic rings. The summed E-state index contributed by atoms with van der Waals surface area (Å²) < 4.78 is 10.0. The van der Waals surface area contributed by atoms with Crippen LogP contribution < -0.4 is 0 Å². The van der Waals surface area contributed by atoms with Gasteiger partial charge in [-0.2, -0.15) is 0 Å². The summed E-state index contributed by atoms with van der Waals surface area (Å²) in [5, 5.41) is 0. The van der Waals surface area contributed by atoms with Crippen LogP contribution in [0.5, 0.6) is 0 Å². The van der Waals surface area contributed by atoms with Crippen LogP contribution in [0.1, 0.15) is 27.2 Å². The average Bonchev–Trinajstić information content (AvgIpc) is 2.08. The summed E-state index contributed by atoms with van der Waals surface area (Å²) in [6, 6.07) is 2.58. The van der Waals surface area contributed by atoms with E-state index >= 15 is 0 Å². The van der Waals surface area contributed by atoms with Crippen LogP contribution in [0.4, 0.5) is 0 Å². The van der Waals surface area contributed by atoms with Crippen molar-refractivity contribution in [2.45, 2.75) is 39.3 Å². The second kappa shape index (κ2) is 13.9. The van der Waals surface area contributed by atoms with E-state index in [1.807, 2.05) is 0 Å². The summed E-state index contributed by atoms with van der Waals surface area (Å²) in [4.78, 5) is 0. The van der Waals surface area contributed by atoms with Crippen LogP contribution in [0, 0.1) is 0 Å². The first-order chi connectivity index (χ1) is 5.76. The summed E-state index contributed by atoms with van der Waals surface area (Å²) in [6.07, 6.45) is 1.17. The van der Waals surface area contributed by atoms with Gasteiger partial charge in [-0.05, 0) is 18.5 Å². The molecule has 76 valence electrons. The molecular weight excluding hydrogens is 184 g/mol. The summed E-state index contributed by atoms with van der Waals surface area (Å²) in [5.74, 6) is 0. The molecule has 0 amide bonds. The lowest BCUT2D eigenvalue weighted by atomic mass is 10.5. The maximum atomic E-state index is 5.63. The lowest BCUT2D eigenvalue weighted by Gasteiger charge is -2.10. The number of hydrogen-bond acceptors (Lipinski definition) is 2. The topological polar surface area (TPSA) is 18.5 Å². The van der Waals surface area contributed by atoms with Crippen molar-refractivity contribution in [2.75, 3.05) is 13.7 Å². The standard InChI is InChI=1S/C7H18OSi.CH6OSi/c1-4-7-8-9(5-2)6-3;1-2-3/h9H,4-7H2,1-3H3;1,3H3. The molecule has 0 bridgehead atoms. The molecule has 4 heteroatoms. The van der Waals surface area contributed by atoms with Gasteiger partial charge in [-0.3, -0.25) is 0 Å². The molecule has 0 rings (SSSR count). The van der Waals surface area contributed by atoms with Crippen molar-refractivity contribution in [1.29, 1.82) is 0 Å². The van der Waals surface area contributed by atoms with Crippen molar-refractivity contribution in [3.8, 4) is 0 Å². The van der Waals surface area contributed by atoms with Gasteiger partial charge in [0.2, 0.25) is 0 Å². The van der Waals surface area contributed by atoms with Gasteiger partial charge >= 0.3 is 0 Å². The molecule has 0 aliphatic carbocycles. The van der Waals surface area contributed by atoms with Gasteiger partial charge in [0.1, 0.15) is 10.5 Å². The molecule has 0 unspecified atom stereocenters. The Balaban J connectivity index is 0. The first-order valence-electron chi connectivity index (χ1n) is 4.78. The fourth-order valence-corrected chi connectivity index (χ4v) is 2.43. The van der Waals surface area contributed by atoms with Crippen molar-refractivity contribution in [3.63, 3.8) is 0 Å². The predicted molar refractivity (Wildman–Crippen MR) is 61.3 cm³/mol. The van der Waals surface area contributed by atoms with Gasteiger partial charge in [0.05, 0.1) is 0 Å². The van der Waals surface area contributed by atoms with E-state index in [-0.39, 0.29) is 0 Å². The van der Waals surface area contributed by atoms with E-state index in [2.05, 4.69) is 25.2 Å². The van der Waals surface area contributed by atoms with Gasteiger partial charge in [0, 0.05) is 13.7 Å². The molecule has 0 radical (unpaired) electrons. The summed E-state index contributed by atoms with van der Waals surface area (Å²) in [7, 11) is 1.85. The minimum absolute atomic E-state index is 0.710. The third kappa shape index (κ3) is 13.0. The predicted octanol–water partition coefficient (Wildman–Crippen LogP) is 1.09. The van der Waals surface area contributed by atoms with Gasteiger partial charge < -0.3 is 8.85 Å². The zero-order chi connectivity index (χ0) is 9.82. The average molecular weight is 208 g/mol. The maximum Gasteiger partial charge on any atom is 0.176 e. The van der Waals surface area contributed by atoms with Gasteiger partial charge in [0.25, 0.3) is 0 Å². The van der Waals surface area contributed by atoms with Crippen molar-refractivity contribution < 1.29 is 8.85 Å². The Hall–Kier alpha value is 0.354. The Bertz CT molecular complexity index is 68.1. The molecule has 0 aromatic carbocycles. The second-order valence-corrected chi connectivity index (χ2v) is 6.74. The monoisotopic (exact) mass is 208 g/mol. The van der Waals surface area contributed by atoms with Gasteiger partial charge in [-0.15, -0.1) is 0 Å². The summed E-state index contributed by atoms with van der Waals surface area (Å²) in [6.45, 7) is 7.61. The highest BCUT2D eigenvalue weighted by atomic mass is 28.3. The Morgan fingerprint density at radius 1 is 1.17 bits per heavy atom. The third-order valence-corrected chi connectivity index (χ3v) is 4.00. The van der Waals surface area contributed by atoms with Crippen LogP contribution in [0.3, 0.4) is 0 Å². The van der Waals surface area contributed by atoms with Crippen LogP contribution >= 0.6 is 0 Å². The fraction of sp³-hybridized carbons (Fsp3) is 1.00. The van der Waals surface area contributed by atoms with Crippen molar-refractivity contribution in [2.24, 2.45) is 0 Å². The molecule has 0 saturated carbocycles. The van der Waals surface area contributed by atoms with E-state index in [1.165, 1.54) is 18.5 Å². The molecular formula is C8H24O2Si2. The Morgan fingerprint density at radius 2 is 1.58 bits per heavy atom. The number of hydrogen-bond donors (Lipinski definition) is 0. The lowest BCUT2D eigenvalue weighted by Crippen LogP contribution is -2.15. The Kier molecular flexibility index (Phi) is 17.2. The van der Waals surface area contributed by atoms with E-state index in [0.29, 0.717) is 0 Å². The first-order valence-corrected chi connectivity index (χ1v) is 7.70. The zero-order valence-electron chi connectivity index (χ0n) is 9.22. The van der Waals surface area contributed by atoms with Crippen molar-refractivity contribution in [1.82, 2.24) is 0 Å². The van der Waals surface area contributed by atoms with E-state index in [0.717, 1.165) is 17.1 Å². The fourth-order valence-electron chi connectivity index (χ4n) is 0.809. The van der Waals surface area contributed by atoms with E-state index in [1.54, 1.807) is 7.11 Å². The van der Waals surface area contributed by atoms with Crippen LogP contribution in [0.2, 0.25) is 12.1 Å². The first kappa shape index (κ1) is 14.9. The molecule has 0 fully saturated rings. The van der Waals surface area contributed by atoms with Gasteiger partial charge in [-0.25, -0.2) is 0 Å². The number of rotatable bonds is 5. The van der Waals surface area contributed by atoms with E-state index in [4.69, 9.17) is 4.43 Å². The molecule has 0 aliphatic heterocycles. The third-order valence-electron chi connectivity index (χ3n) is 1.47. The molecule has 0 saturated heterocycles. The highest BCUT2D eigenvalue weighted by Crippen LogP contribution is 1.99. The second-order valence-electron chi connectivity index (χ2n) is 2.72. The van der Waals surface area contributed by atoms with Crippen LogP contribution in [-0.2, 0) is 8.85 Å². The molecule has 0 heterocycles. The minimum Gasteiger partial charge on any atom is -0.431 e. The molecule has 0 aromatic rings. The zero-order valence-corrected chi connectivity index (χ0v) is 12.4. The SMILES string of the molecule is CCCO[SiH](CC)CC.CO[SiH3]. The molecule has 0 atom stereocenters. The van der Waals surface area contributed by atoms with Crippen LogP contribution in [0.25, 0.3) is 0 Å². The lowest BCUT2D eigenvalue weighted by molar-refractivity contribution is 0.319. The minimum atomic E-state index is -0.710. The quantitative estimate of drug-likeness (QED) is 0.630. The highest BCUT2D eigenvalue weighted by Gasteiger charge is 2.03. The van der Waals surface area contributed by atoms with Gasteiger partial charge in [-0.1, -0.05) is 20.8 Å². The molecule has 2 nitrogen and oxygen atoms in total. The van der Waals surface area contributed by atoms with Gasteiger partial charge in [0.15, 0.2) is 9.04 Å². The maximum absolute atomic E-state index is 5.63. The molecule has 0 aromatic heterocycles. The largest absolute Gasteiger partial charge is 0.431 e. The van der Waals surface area contributed by atoms with Crippen molar-refractivity contribution in [3.05, 3.63) is 0 Å². The highest BCUT2D eigenvalue weighted by molar-refractivity contribution is 6.51. The summed E-state index contributed by atoms with van der Waals surface area (Å²) >= 11 is 0. The Labute approximate surface area is 81.9 Å². The molecule has 12 heavy (non-hydrogen) atoms. The van der Waals surface area contributed by atoms with E-state index in [9.17, 15) is 0 Å². The van der Waals surface area contributed by atoms with E-state index < -0.39 is 9.04 Å². The normalized spacial score (nSPS) is 9.75. The van der Waals surface area contributed by atoms with Crippen LogP contribution in [0.15, 0.2) is 0 Å². The van der Waals surface area contributed by atoms with Crippen molar-refractivity contribution >= 4 is 19.5 Å². The molecule has 0 spiro atoms. The smallest absolute Gasteiger partial charge is 0.176 e. The molecule has 0 N–H and O–H groups in total.